The van der Waals surface area contributed by atoms with Crippen LogP contribution in [0.3, 0.4) is 0 Å². The van der Waals surface area contributed by atoms with Crippen LogP contribution in [0.5, 0.6) is 0 Å². The molecule has 3 aliphatic carbocycles. The number of rotatable bonds is 11. The molecule has 0 saturated carbocycles. The Morgan fingerprint density at radius 1 is 0.714 bits per heavy atom. The summed E-state index contributed by atoms with van der Waals surface area (Å²) in [6, 6.07) is 0.882. The Balaban J connectivity index is 1.80. The van der Waals surface area contributed by atoms with Crippen molar-refractivity contribution in [3.63, 3.8) is 0 Å². The third-order valence-electron chi connectivity index (χ3n) is 5.75. The van der Waals surface area contributed by atoms with Crippen LogP contribution in [0.4, 0.5) is 0 Å². The highest BCUT2D eigenvalue weighted by molar-refractivity contribution is 6.61. The van der Waals surface area contributed by atoms with E-state index in [1.807, 2.05) is 6.08 Å². The molecule has 0 aromatic rings. The maximum atomic E-state index is 6.71. The van der Waals surface area contributed by atoms with Gasteiger partial charge in [0.2, 0.25) is 0 Å². The molecule has 0 spiro atoms. The van der Waals surface area contributed by atoms with E-state index in [0.29, 0.717) is 0 Å². The molecule has 0 saturated heterocycles. The fraction of sp³-hybridized carbons (Fsp3) is 0.667. The zero-order valence-corrected chi connectivity index (χ0v) is 18.6. The van der Waals surface area contributed by atoms with E-state index in [0.717, 1.165) is 81.1 Å². The van der Waals surface area contributed by atoms with E-state index < -0.39 is 8.80 Å². The topological polar surface area (TPSA) is 27.7 Å². The van der Waals surface area contributed by atoms with E-state index in [4.69, 9.17) is 13.3 Å². The Morgan fingerprint density at radius 2 is 1.18 bits per heavy atom. The van der Waals surface area contributed by atoms with Crippen molar-refractivity contribution in [2.45, 2.75) is 102 Å². The Labute approximate surface area is 172 Å². The average molecular weight is 403 g/mol. The quantitative estimate of drug-likeness (QED) is 0.201. The van der Waals surface area contributed by atoms with Crippen LogP contribution in [0.1, 0.15) is 96.3 Å². The molecule has 0 radical (unpaired) electrons. The van der Waals surface area contributed by atoms with Gasteiger partial charge in [-0.15, -0.1) is 6.58 Å². The van der Waals surface area contributed by atoms with Gasteiger partial charge in [0.25, 0.3) is 0 Å². The minimum absolute atomic E-state index is 0.882. The molecule has 28 heavy (non-hydrogen) atoms. The first kappa shape index (κ1) is 21.3. The summed E-state index contributed by atoms with van der Waals surface area (Å²) in [6.45, 7) is 3.87. The summed E-state index contributed by atoms with van der Waals surface area (Å²) >= 11 is 0. The van der Waals surface area contributed by atoms with E-state index >= 15 is 0 Å². The van der Waals surface area contributed by atoms with Gasteiger partial charge in [-0.1, -0.05) is 6.08 Å². The van der Waals surface area contributed by atoms with Crippen molar-refractivity contribution in [2.24, 2.45) is 0 Å². The second-order valence-corrected chi connectivity index (χ2v) is 10.8. The lowest BCUT2D eigenvalue weighted by Gasteiger charge is -2.35. The summed E-state index contributed by atoms with van der Waals surface area (Å²) in [5.41, 5.74) is 0. The summed E-state index contributed by atoms with van der Waals surface area (Å²) in [7, 11) is -2.85. The standard InChI is InChI=1S/C24H38O3Si/c1-2-3-4-14-21-28(25-22-15-8-5-9-16-22,26-23-17-10-6-11-18-23)27-24-19-12-7-13-20-24/h2,15,17,19H,1,3-14,16,18,20-21H2. The second-order valence-electron chi connectivity index (χ2n) is 8.27. The van der Waals surface area contributed by atoms with Crippen molar-refractivity contribution < 1.29 is 13.3 Å². The molecule has 0 bridgehead atoms. The van der Waals surface area contributed by atoms with Crippen LogP contribution in [0, 0.1) is 0 Å². The first-order valence-electron chi connectivity index (χ1n) is 11.5. The molecule has 0 heterocycles. The van der Waals surface area contributed by atoms with Crippen LogP contribution in [-0.4, -0.2) is 8.80 Å². The lowest BCUT2D eigenvalue weighted by Crippen LogP contribution is -2.45. The first-order chi connectivity index (χ1) is 13.8. The van der Waals surface area contributed by atoms with Crippen LogP contribution in [-0.2, 0) is 13.3 Å². The molecule has 0 atom stereocenters. The largest absolute Gasteiger partial charge is 0.698 e. The smallest absolute Gasteiger partial charge is 0.488 e. The van der Waals surface area contributed by atoms with Crippen LogP contribution in [0.2, 0.25) is 6.04 Å². The fourth-order valence-corrected chi connectivity index (χ4v) is 7.02. The lowest BCUT2D eigenvalue weighted by molar-refractivity contribution is 0.124. The molecule has 3 rings (SSSR count). The summed E-state index contributed by atoms with van der Waals surface area (Å²) in [6.07, 6.45) is 25.8. The fourth-order valence-electron chi connectivity index (χ4n) is 4.15. The summed E-state index contributed by atoms with van der Waals surface area (Å²) in [5.74, 6) is 3.32. The molecule has 0 aromatic carbocycles. The first-order valence-corrected chi connectivity index (χ1v) is 13.5. The van der Waals surface area contributed by atoms with Gasteiger partial charge in [-0.05, 0) is 95.3 Å². The zero-order valence-electron chi connectivity index (χ0n) is 17.6. The van der Waals surface area contributed by atoms with Gasteiger partial charge < -0.3 is 13.3 Å². The highest BCUT2D eigenvalue weighted by Gasteiger charge is 2.49. The molecular formula is C24H38O3Si. The second kappa shape index (κ2) is 11.5. The van der Waals surface area contributed by atoms with Crippen molar-refractivity contribution in [3.8, 4) is 0 Å². The van der Waals surface area contributed by atoms with Crippen LogP contribution >= 0.6 is 0 Å². The monoisotopic (exact) mass is 402 g/mol. The van der Waals surface area contributed by atoms with Gasteiger partial charge in [0.15, 0.2) is 0 Å². The predicted molar refractivity (Wildman–Crippen MR) is 118 cm³/mol. The molecule has 3 aliphatic rings. The van der Waals surface area contributed by atoms with E-state index in [1.54, 1.807) is 0 Å². The molecule has 0 unspecified atom stereocenters. The van der Waals surface area contributed by atoms with Crippen LogP contribution in [0.25, 0.3) is 0 Å². The van der Waals surface area contributed by atoms with Gasteiger partial charge in [0, 0.05) is 19.3 Å². The highest BCUT2D eigenvalue weighted by atomic mass is 28.4. The number of allylic oxidation sites excluding steroid dienone is 7. The minimum atomic E-state index is -2.85. The van der Waals surface area contributed by atoms with E-state index in [9.17, 15) is 0 Å². The van der Waals surface area contributed by atoms with E-state index in [-0.39, 0.29) is 0 Å². The zero-order chi connectivity index (χ0) is 19.5. The number of hydrogen-bond donors (Lipinski definition) is 0. The maximum absolute atomic E-state index is 6.71. The van der Waals surface area contributed by atoms with Crippen molar-refractivity contribution >= 4 is 8.80 Å². The average Bonchev–Trinajstić information content (AvgIpc) is 2.73. The SMILES string of the molecule is C=CCCCC[Si](OC1=CCCCC1)(OC1=CCCCC1)OC1=CCCCC1. The Morgan fingerprint density at radius 3 is 1.54 bits per heavy atom. The Hall–Kier alpha value is -1.42. The van der Waals surface area contributed by atoms with Crippen LogP contribution < -0.4 is 0 Å². The molecule has 3 nitrogen and oxygen atoms in total. The molecule has 0 amide bonds. The van der Waals surface area contributed by atoms with Crippen LogP contribution in [0.15, 0.2) is 48.2 Å². The van der Waals surface area contributed by atoms with Crippen molar-refractivity contribution in [2.75, 3.05) is 0 Å². The van der Waals surface area contributed by atoms with Crippen molar-refractivity contribution in [1.29, 1.82) is 0 Å². The summed E-state index contributed by atoms with van der Waals surface area (Å²) in [5, 5.41) is 0. The molecular weight excluding hydrogens is 364 g/mol. The molecule has 156 valence electrons. The van der Waals surface area contributed by atoms with Gasteiger partial charge in [0.1, 0.15) is 0 Å². The van der Waals surface area contributed by atoms with Gasteiger partial charge in [-0.3, -0.25) is 0 Å². The molecule has 0 aromatic heterocycles. The summed E-state index contributed by atoms with van der Waals surface area (Å²) in [4.78, 5) is 0. The third kappa shape index (κ3) is 6.88. The minimum Gasteiger partial charge on any atom is -0.488 e. The van der Waals surface area contributed by atoms with E-state index in [2.05, 4.69) is 24.8 Å². The van der Waals surface area contributed by atoms with Gasteiger partial charge in [-0.25, -0.2) is 0 Å². The number of hydrogen-bond acceptors (Lipinski definition) is 3. The lowest BCUT2D eigenvalue weighted by atomic mass is 10.1. The van der Waals surface area contributed by atoms with Crippen molar-refractivity contribution in [3.05, 3.63) is 48.2 Å². The molecule has 0 fully saturated rings. The highest BCUT2D eigenvalue weighted by Crippen LogP contribution is 2.34. The Bertz CT molecular complexity index is 521. The third-order valence-corrected chi connectivity index (χ3v) is 8.43. The molecule has 0 N–H and O–H groups in total. The van der Waals surface area contributed by atoms with E-state index in [1.165, 1.54) is 38.5 Å². The summed E-state index contributed by atoms with van der Waals surface area (Å²) < 4.78 is 20.1. The Kier molecular flexibility index (Phi) is 8.78. The van der Waals surface area contributed by atoms with Gasteiger partial charge in [-0.2, -0.15) is 0 Å². The molecule has 4 heteroatoms. The maximum Gasteiger partial charge on any atom is 0.698 e. The molecule has 0 aliphatic heterocycles. The van der Waals surface area contributed by atoms with Crippen molar-refractivity contribution in [1.82, 2.24) is 0 Å². The number of unbranched alkanes of at least 4 members (excludes halogenated alkanes) is 2. The van der Waals surface area contributed by atoms with Gasteiger partial charge >= 0.3 is 8.80 Å². The predicted octanol–water partition coefficient (Wildman–Crippen LogP) is 7.71. The van der Waals surface area contributed by atoms with Gasteiger partial charge in [0.05, 0.1) is 23.3 Å². The normalized spacial score (nSPS) is 20.5.